The summed E-state index contributed by atoms with van der Waals surface area (Å²) in [6, 6.07) is 4.20. The highest BCUT2D eigenvalue weighted by molar-refractivity contribution is 5.31. The number of ether oxygens (including phenoxy) is 1. The first kappa shape index (κ1) is 30.2. The van der Waals surface area contributed by atoms with Crippen LogP contribution in [-0.4, -0.2) is 11.6 Å². The van der Waals surface area contributed by atoms with Crippen LogP contribution in [0.15, 0.2) is 18.3 Å². The van der Waals surface area contributed by atoms with Crippen LogP contribution in [-0.2, 0) is 0 Å². The second kappa shape index (κ2) is 19.1. The summed E-state index contributed by atoms with van der Waals surface area (Å²) < 4.78 is 6.31. The maximum absolute atomic E-state index is 6.31. The van der Waals surface area contributed by atoms with Crippen LogP contribution in [0, 0.1) is 17.8 Å². The average molecular weight is 486 g/mol. The molecule has 1 aromatic heterocycles. The SMILES string of the molecule is CCCCCCCCCCCCCCCCCCOc1cccnc1[C@@H]1C[C@H](C)CC[C@@H]1C(C)C. The van der Waals surface area contributed by atoms with Gasteiger partial charge in [-0.05, 0) is 49.1 Å². The molecular weight excluding hydrogens is 426 g/mol. The van der Waals surface area contributed by atoms with Crippen LogP contribution in [0.25, 0.3) is 0 Å². The maximum atomic E-state index is 6.31. The Hall–Kier alpha value is -1.05. The van der Waals surface area contributed by atoms with E-state index in [0.29, 0.717) is 11.8 Å². The summed E-state index contributed by atoms with van der Waals surface area (Å²) >= 11 is 0. The molecule has 2 nitrogen and oxygen atoms in total. The standard InChI is InChI=1S/C33H59NO/c1-5-6-7-8-9-10-11-12-13-14-15-16-17-18-19-20-26-35-32-22-21-25-34-33(32)31-27-29(4)23-24-30(31)28(2)3/h21-22,25,28-31H,5-20,23-24,26-27H2,1-4H3/t29-,30-,31-/m1/s1. The number of pyridine rings is 1. The van der Waals surface area contributed by atoms with Gasteiger partial charge in [0.2, 0.25) is 0 Å². The molecule has 2 rings (SSSR count). The molecule has 2 heteroatoms. The van der Waals surface area contributed by atoms with E-state index in [1.807, 2.05) is 12.3 Å². The van der Waals surface area contributed by atoms with Crippen LogP contribution < -0.4 is 4.74 Å². The molecule has 1 saturated carbocycles. The molecular formula is C33H59NO. The number of unbranched alkanes of at least 4 members (excludes halogenated alkanes) is 15. The van der Waals surface area contributed by atoms with E-state index >= 15 is 0 Å². The molecule has 1 fully saturated rings. The quantitative estimate of drug-likeness (QED) is 0.171. The topological polar surface area (TPSA) is 22.1 Å². The maximum Gasteiger partial charge on any atom is 0.141 e. The van der Waals surface area contributed by atoms with Crippen LogP contribution in [0.3, 0.4) is 0 Å². The summed E-state index contributed by atoms with van der Waals surface area (Å²) in [5.74, 6) is 3.85. The van der Waals surface area contributed by atoms with Gasteiger partial charge in [-0.25, -0.2) is 0 Å². The Morgan fingerprint density at radius 2 is 1.34 bits per heavy atom. The average Bonchev–Trinajstić information content (AvgIpc) is 2.86. The van der Waals surface area contributed by atoms with Crippen molar-refractivity contribution in [3.05, 3.63) is 24.0 Å². The van der Waals surface area contributed by atoms with Crippen LogP contribution in [0.5, 0.6) is 5.75 Å². The number of hydrogen-bond donors (Lipinski definition) is 0. The molecule has 0 bridgehead atoms. The molecule has 1 aromatic rings. The molecule has 1 aliphatic carbocycles. The van der Waals surface area contributed by atoms with Crippen molar-refractivity contribution >= 4 is 0 Å². The van der Waals surface area contributed by atoms with Crippen molar-refractivity contribution in [2.75, 3.05) is 6.61 Å². The Morgan fingerprint density at radius 1 is 0.800 bits per heavy atom. The van der Waals surface area contributed by atoms with E-state index in [9.17, 15) is 0 Å². The van der Waals surface area contributed by atoms with Gasteiger partial charge in [-0.1, -0.05) is 130 Å². The fourth-order valence-corrected chi connectivity index (χ4v) is 6.15. The zero-order valence-electron chi connectivity index (χ0n) is 24.0. The van der Waals surface area contributed by atoms with Crippen molar-refractivity contribution in [3.63, 3.8) is 0 Å². The van der Waals surface area contributed by atoms with Gasteiger partial charge in [-0.2, -0.15) is 0 Å². The van der Waals surface area contributed by atoms with E-state index in [1.165, 1.54) is 128 Å². The van der Waals surface area contributed by atoms with E-state index in [-0.39, 0.29) is 0 Å². The number of rotatable bonds is 20. The van der Waals surface area contributed by atoms with Gasteiger partial charge in [0.15, 0.2) is 0 Å². The highest BCUT2D eigenvalue weighted by Crippen LogP contribution is 2.45. The summed E-state index contributed by atoms with van der Waals surface area (Å²) in [5, 5.41) is 0. The molecule has 0 amide bonds. The lowest BCUT2D eigenvalue weighted by atomic mass is 9.68. The minimum atomic E-state index is 0.556. The van der Waals surface area contributed by atoms with Crippen LogP contribution in [0.2, 0.25) is 0 Å². The van der Waals surface area contributed by atoms with Gasteiger partial charge in [0.25, 0.3) is 0 Å². The Bertz CT molecular complexity index is 627. The van der Waals surface area contributed by atoms with Gasteiger partial charge in [-0.15, -0.1) is 0 Å². The summed E-state index contributed by atoms with van der Waals surface area (Å²) in [6.07, 6.45) is 28.4. The molecule has 0 aromatic carbocycles. The van der Waals surface area contributed by atoms with Crippen LogP contribution in [0.4, 0.5) is 0 Å². The van der Waals surface area contributed by atoms with Crippen molar-refractivity contribution in [3.8, 4) is 5.75 Å². The lowest BCUT2D eigenvalue weighted by molar-refractivity contribution is 0.188. The lowest BCUT2D eigenvalue weighted by Crippen LogP contribution is -2.27. The predicted octanol–water partition coefficient (Wildman–Crippen LogP) is 10.9. The summed E-state index contributed by atoms with van der Waals surface area (Å²) in [5.41, 5.74) is 1.23. The highest BCUT2D eigenvalue weighted by atomic mass is 16.5. The van der Waals surface area contributed by atoms with Crippen molar-refractivity contribution in [1.29, 1.82) is 0 Å². The number of hydrogen-bond acceptors (Lipinski definition) is 2. The molecule has 0 unspecified atom stereocenters. The third-order valence-electron chi connectivity index (χ3n) is 8.43. The van der Waals surface area contributed by atoms with Gasteiger partial charge in [0.05, 0.1) is 12.3 Å². The third kappa shape index (κ3) is 12.7. The molecule has 0 spiro atoms. The fraction of sp³-hybridized carbons (Fsp3) is 0.848. The fourth-order valence-electron chi connectivity index (χ4n) is 6.15. The molecule has 35 heavy (non-hydrogen) atoms. The van der Waals surface area contributed by atoms with E-state index in [1.54, 1.807) is 0 Å². The normalized spacial score (nSPS) is 20.4. The predicted molar refractivity (Wildman–Crippen MR) is 153 cm³/mol. The van der Waals surface area contributed by atoms with Crippen LogP contribution >= 0.6 is 0 Å². The molecule has 202 valence electrons. The van der Waals surface area contributed by atoms with E-state index in [2.05, 4.69) is 33.8 Å². The molecule has 1 aliphatic rings. The van der Waals surface area contributed by atoms with E-state index < -0.39 is 0 Å². The van der Waals surface area contributed by atoms with E-state index in [0.717, 1.165) is 24.2 Å². The smallest absolute Gasteiger partial charge is 0.141 e. The van der Waals surface area contributed by atoms with Gasteiger partial charge < -0.3 is 4.74 Å². The van der Waals surface area contributed by atoms with Gasteiger partial charge in [-0.3, -0.25) is 4.98 Å². The Labute approximate surface area is 219 Å². The molecule has 1 heterocycles. The summed E-state index contributed by atoms with van der Waals surface area (Å²) in [4.78, 5) is 4.84. The number of aromatic nitrogens is 1. The van der Waals surface area contributed by atoms with Crippen molar-refractivity contribution < 1.29 is 4.74 Å². The zero-order chi connectivity index (χ0) is 25.1. The van der Waals surface area contributed by atoms with E-state index in [4.69, 9.17) is 9.72 Å². The highest BCUT2D eigenvalue weighted by Gasteiger charge is 2.34. The second-order valence-electron chi connectivity index (χ2n) is 12.0. The van der Waals surface area contributed by atoms with Crippen molar-refractivity contribution in [1.82, 2.24) is 4.98 Å². The Kier molecular flexibility index (Phi) is 16.5. The largest absolute Gasteiger partial charge is 0.492 e. The number of nitrogens with zero attached hydrogens (tertiary/aromatic N) is 1. The molecule has 0 N–H and O–H groups in total. The zero-order valence-corrected chi connectivity index (χ0v) is 24.0. The van der Waals surface area contributed by atoms with Crippen LogP contribution in [0.1, 0.15) is 161 Å². The first-order valence-electron chi connectivity index (χ1n) is 15.7. The first-order valence-corrected chi connectivity index (χ1v) is 15.7. The molecule has 0 aliphatic heterocycles. The monoisotopic (exact) mass is 485 g/mol. The third-order valence-corrected chi connectivity index (χ3v) is 8.43. The molecule has 0 radical (unpaired) electrons. The van der Waals surface area contributed by atoms with Crippen molar-refractivity contribution in [2.24, 2.45) is 17.8 Å². The summed E-state index contributed by atoms with van der Waals surface area (Å²) in [6.45, 7) is 10.3. The van der Waals surface area contributed by atoms with Crippen molar-refractivity contribution in [2.45, 2.75) is 156 Å². The molecule has 0 saturated heterocycles. The van der Waals surface area contributed by atoms with Gasteiger partial charge >= 0.3 is 0 Å². The first-order chi connectivity index (χ1) is 17.1. The van der Waals surface area contributed by atoms with Gasteiger partial charge in [0.1, 0.15) is 5.75 Å². The Morgan fingerprint density at radius 3 is 1.89 bits per heavy atom. The molecule has 3 atom stereocenters. The minimum absolute atomic E-state index is 0.556. The second-order valence-corrected chi connectivity index (χ2v) is 12.0. The summed E-state index contributed by atoms with van der Waals surface area (Å²) in [7, 11) is 0. The van der Waals surface area contributed by atoms with Gasteiger partial charge in [0, 0.05) is 12.1 Å². The lowest BCUT2D eigenvalue weighted by Gasteiger charge is -2.37. The minimum Gasteiger partial charge on any atom is -0.492 e. The Balaban J connectivity index is 1.51.